The van der Waals surface area contributed by atoms with Crippen molar-refractivity contribution in [3.63, 3.8) is 0 Å². The molecule has 2 aromatic rings. The molecule has 0 amide bonds. The predicted octanol–water partition coefficient (Wildman–Crippen LogP) is 4.73. The summed E-state index contributed by atoms with van der Waals surface area (Å²) in [6, 6.07) is 13.7. The van der Waals surface area contributed by atoms with E-state index < -0.39 is 11.7 Å². The van der Waals surface area contributed by atoms with Gasteiger partial charge in [-0.1, -0.05) is 37.3 Å². The summed E-state index contributed by atoms with van der Waals surface area (Å²) < 4.78 is 38.6. The molecule has 18 heavy (non-hydrogen) atoms. The number of aryl methyl sites for hydroxylation is 1. The van der Waals surface area contributed by atoms with Crippen molar-refractivity contribution in [2.75, 3.05) is 0 Å². The second-order valence-corrected chi connectivity index (χ2v) is 4.00. The molecule has 0 spiro atoms. The van der Waals surface area contributed by atoms with Crippen molar-refractivity contribution in [3.05, 3.63) is 59.7 Å². The third-order valence-electron chi connectivity index (χ3n) is 2.80. The van der Waals surface area contributed by atoms with Gasteiger partial charge in [-0.25, -0.2) is 0 Å². The molecule has 0 fully saturated rings. The lowest BCUT2D eigenvalue weighted by atomic mass is 9.98. The van der Waals surface area contributed by atoms with Crippen LogP contribution >= 0.6 is 0 Å². The monoisotopic (exact) mass is 249 g/mol. The SMILES string of the molecule is CCc1[c]cc(-c2ccccc2C(F)(F)F)cc1. The minimum absolute atomic E-state index is 0.198. The Morgan fingerprint density at radius 1 is 1.06 bits per heavy atom. The summed E-state index contributed by atoms with van der Waals surface area (Å²) in [5.74, 6) is 0. The number of benzene rings is 2. The molecule has 0 atom stereocenters. The molecule has 0 aliphatic rings. The molecule has 2 aromatic carbocycles. The quantitative estimate of drug-likeness (QED) is 0.721. The summed E-state index contributed by atoms with van der Waals surface area (Å²) in [7, 11) is 0. The van der Waals surface area contributed by atoms with Gasteiger partial charge >= 0.3 is 6.18 Å². The van der Waals surface area contributed by atoms with Crippen LogP contribution in [0.15, 0.2) is 42.5 Å². The number of rotatable bonds is 2. The second-order valence-electron chi connectivity index (χ2n) is 4.00. The maximum Gasteiger partial charge on any atom is 0.417 e. The first-order chi connectivity index (χ1) is 8.52. The Bertz CT molecular complexity index is 524. The Kier molecular flexibility index (Phi) is 3.41. The van der Waals surface area contributed by atoms with E-state index in [2.05, 4.69) is 6.07 Å². The fourth-order valence-corrected chi connectivity index (χ4v) is 1.83. The molecule has 0 aliphatic carbocycles. The van der Waals surface area contributed by atoms with Gasteiger partial charge in [-0.05, 0) is 41.3 Å². The molecule has 1 radical (unpaired) electrons. The highest BCUT2D eigenvalue weighted by molar-refractivity contribution is 5.68. The number of hydrogen-bond acceptors (Lipinski definition) is 0. The van der Waals surface area contributed by atoms with Gasteiger partial charge in [0.1, 0.15) is 0 Å². The Labute approximate surface area is 104 Å². The van der Waals surface area contributed by atoms with Crippen molar-refractivity contribution in [2.45, 2.75) is 19.5 Å². The van der Waals surface area contributed by atoms with Crippen molar-refractivity contribution < 1.29 is 13.2 Å². The Balaban J connectivity index is 2.50. The molecule has 0 aliphatic heterocycles. The van der Waals surface area contributed by atoms with E-state index in [9.17, 15) is 13.2 Å². The molecule has 0 aromatic heterocycles. The molecule has 3 heteroatoms. The van der Waals surface area contributed by atoms with Crippen LogP contribution < -0.4 is 0 Å². The largest absolute Gasteiger partial charge is 0.417 e. The van der Waals surface area contributed by atoms with E-state index in [0.29, 0.717) is 5.56 Å². The number of alkyl halides is 3. The molecule has 0 saturated carbocycles. The molecule has 0 bridgehead atoms. The first kappa shape index (κ1) is 12.7. The van der Waals surface area contributed by atoms with Crippen LogP contribution in [0.25, 0.3) is 11.1 Å². The maximum absolute atomic E-state index is 12.9. The lowest BCUT2D eigenvalue weighted by molar-refractivity contribution is -0.137. The van der Waals surface area contributed by atoms with Crippen molar-refractivity contribution in [3.8, 4) is 11.1 Å². The summed E-state index contributed by atoms with van der Waals surface area (Å²) in [6.45, 7) is 1.98. The molecular formula is C15H12F3. The zero-order valence-corrected chi connectivity index (χ0v) is 9.88. The first-order valence-corrected chi connectivity index (χ1v) is 5.69. The van der Waals surface area contributed by atoms with Crippen molar-refractivity contribution in [1.82, 2.24) is 0 Å². The minimum Gasteiger partial charge on any atom is -0.166 e. The van der Waals surface area contributed by atoms with Gasteiger partial charge in [-0.15, -0.1) is 0 Å². The normalized spacial score (nSPS) is 11.6. The van der Waals surface area contributed by atoms with Crippen molar-refractivity contribution in [2.24, 2.45) is 0 Å². The van der Waals surface area contributed by atoms with E-state index in [-0.39, 0.29) is 5.56 Å². The standard InChI is InChI=1S/C15H12F3/c1-2-11-7-9-12(10-8-11)13-5-3-4-6-14(13)15(16,17)18/h3-7,9-10H,2H2,1H3. The van der Waals surface area contributed by atoms with Crippen molar-refractivity contribution >= 4 is 0 Å². The van der Waals surface area contributed by atoms with E-state index in [4.69, 9.17) is 0 Å². The van der Waals surface area contributed by atoms with E-state index in [1.54, 1.807) is 18.2 Å². The molecule has 2 rings (SSSR count). The molecule has 0 nitrogen and oxygen atoms in total. The van der Waals surface area contributed by atoms with E-state index in [1.165, 1.54) is 12.1 Å². The third-order valence-corrected chi connectivity index (χ3v) is 2.80. The fraction of sp³-hybridized carbons (Fsp3) is 0.200. The van der Waals surface area contributed by atoms with E-state index in [0.717, 1.165) is 18.1 Å². The van der Waals surface area contributed by atoms with Gasteiger partial charge in [0.2, 0.25) is 0 Å². The molecular weight excluding hydrogens is 237 g/mol. The van der Waals surface area contributed by atoms with Crippen LogP contribution in [0, 0.1) is 6.07 Å². The van der Waals surface area contributed by atoms with E-state index >= 15 is 0 Å². The summed E-state index contributed by atoms with van der Waals surface area (Å²) in [5.41, 5.74) is 1.12. The van der Waals surface area contributed by atoms with Gasteiger partial charge < -0.3 is 0 Å². The highest BCUT2D eigenvalue weighted by Gasteiger charge is 2.33. The Hall–Kier alpha value is -1.77. The van der Waals surface area contributed by atoms with Crippen LogP contribution in [0.4, 0.5) is 13.2 Å². The van der Waals surface area contributed by atoms with Gasteiger partial charge in [0, 0.05) is 0 Å². The van der Waals surface area contributed by atoms with Crippen LogP contribution in [0.5, 0.6) is 0 Å². The third kappa shape index (κ3) is 2.55. The van der Waals surface area contributed by atoms with Gasteiger partial charge in [-0.2, -0.15) is 13.2 Å². The highest BCUT2D eigenvalue weighted by atomic mass is 19.4. The second kappa shape index (κ2) is 4.84. The Morgan fingerprint density at radius 3 is 2.33 bits per heavy atom. The molecule has 0 N–H and O–H groups in total. The summed E-state index contributed by atoms with van der Waals surface area (Å²) >= 11 is 0. The minimum atomic E-state index is -4.33. The van der Waals surface area contributed by atoms with Crippen LogP contribution in [0.3, 0.4) is 0 Å². The van der Waals surface area contributed by atoms with Crippen molar-refractivity contribution in [1.29, 1.82) is 0 Å². The lowest BCUT2D eigenvalue weighted by Crippen LogP contribution is -2.06. The molecule has 0 heterocycles. The van der Waals surface area contributed by atoms with E-state index in [1.807, 2.05) is 13.0 Å². The average molecular weight is 249 g/mol. The predicted molar refractivity (Wildman–Crippen MR) is 65.1 cm³/mol. The summed E-state index contributed by atoms with van der Waals surface area (Å²) in [5, 5.41) is 0. The summed E-state index contributed by atoms with van der Waals surface area (Å²) in [6.07, 6.45) is -3.51. The zero-order valence-electron chi connectivity index (χ0n) is 9.88. The zero-order chi connectivity index (χ0) is 13.2. The van der Waals surface area contributed by atoms with Crippen LogP contribution in [-0.2, 0) is 12.6 Å². The molecule has 0 unspecified atom stereocenters. The number of hydrogen-bond donors (Lipinski definition) is 0. The van der Waals surface area contributed by atoms with Gasteiger partial charge in [0.15, 0.2) is 0 Å². The van der Waals surface area contributed by atoms with Crippen LogP contribution in [0.1, 0.15) is 18.1 Å². The summed E-state index contributed by atoms with van der Waals surface area (Å²) in [4.78, 5) is 0. The topological polar surface area (TPSA) is 0 Å². The fourth-order valence-electron chi connectivity index (χ4n) is 1.83. The average Bonchev–Trinajstić information content (AvgIpc) is 2.38. The Morgan fingerprint density at radius 2 is 1.78 bits per heavy atom. The lowest BCUT2D eigenvalue weighted by Gasteiger charge is -2.12. The van der Waals surface area contributed by atoms with Crippen LogP contribution in [-0.4, -0.2) is 0 Å². The van der Waals surface area contributed by atoms with Gasteiger partial charge in [0.25, 0.3) is 0 Å². The molecule has 93 valence electrons. The maximum atomic E-state index is 12.9. The smallest absolute Gasteiger partial charge is 0.166 e. The van der Waals surface area contributed by atoms with Gasteiger partial charge in [0.05, 0.1) is 5.56 Å². The van der Waals surface area contributed by atoms with Gasteiger partial charge in [-0.3, -0.25) is 0 Å². The number of halogens is 3. The first-order valence-electron chi connectivity index (χ1n) is 5.69. The molecule has 0 saturated heterocycles. The van der Waals surface area contributed by atoms with Crippen LogP contribution in [0.2, 0.25) is 0 Å². The highest BCUT2D eigenvalue weighted by Crippen LogP contribution is 2.36.